The van der Waals surface area contributed by atoms with E-state index in [1.165, 1.54) is 0 Å². The molecule has 0 amide bonds. The number of para-hydroxylation sites is 1. The first-order valence-electron chi connectivity index (χ1n) is 10.2. The molecular formula is C22H31N5O2. The number of nitrogens with one attached hydrogen (secondary N) is 2. The summed E-state index contributed by atoms with van der Waals surface area (Å²) >= 11 is 0. The van der Waals surface area contributed by atoms with Crippen LogP contribution in [0.2, 0.25) is 0 Å². The van der Waals surface area contributed by atoms with Crippen LogP contribution in [0.4, 0.5) is 5.82 Å². The van der Waals surface area contributed by atoms with Gasteiger partial charge in [-0.1, -0.05) is 24.3 Å². The molecule has 1 fully saturated rings. The van der Waals surface area contributed by atoms with Crippen molar-refractivity contribution in [3.05, 3.63) is 53.7 Å². The Kier molecular flexibility index (Phi) is 7.69. The van der Waals surface area contributed by atoms with Crippen LogP contribution in [0.3, 0.4) is 0 Å². The molecule has 0 bridgehead atoms. The first kappa shape index (κ1) is 20.9. The largest absolute Gasteiger partial charge is 0.494 e. The third kappa shape index (κ3) is 6.09. The summed E-state index contributed by atoms with van der Waals surface area (Å²) in [5, 5.41) is 6.68. The average molecular weight is 398 g/mol. The van der Waals surface area contributed by atoms with Crippen LogP contribution in [-0.4, -0.2) is 50.4 Å². The predicted octanol–water partition coefficient (Wildman–Crippen LogP) is 2.57. The second-order valence-electron chi connectivity index (χ2n) is 6.97. The molecule has 0 spiro atoms. The zero-order valence-corrected chi connectivity index (χ0v) is 17.5. The highest BCUT2D eigenvalue weighted by Crippen LogP contribution is 2.17. The van der Waals surface area contributed by atoms with E-state index in [1.807, 2.05) is 31.3 Å². The van der Waals surface area contributed by atoms with Gasteiger partial charge in [-0.05, 0) is 31.5 Å². The van der Waals surface area contributed by atoms with E-state index in [0.717, 1.165) is 48.4 Å². The quantitative estimate of drug-likeness (QED) is 0.553. The summed E-state index contributed by atoms with van der Waals surface area (Å²) in [6.07, 6.45) is 2.16. The van der Waals surface area contributed by atoms with Gasteiger partial charge in [0, 0.05) is 45.0 Å². The lowest BCUT2D eigenvalue weighted by atomic mass is 10.2. The Morgan fingerprint density at radius 1 is 1.24 bits per heavy atom. The van der Waals surface area contributed by atoms with Crippen molar-refractivity contribution in [2.24, 2.45) is 4.99 Å². The molecule has 1 saturated heterocycles. The number of rotatable bonds is 7. The number of ether oxygens (including phenoxy) is 2. The van der Waals surface area contributed by atoms with Crippen molar-refractivity contribution >= 4 is 11.8 Å². The Morgan fingerprint density at radius 2 is 2.07 bits per heavy atom. The second-order valence-corrected chi connectivity index (χ2v) is 6.97. The van der Waals surface area contributed by atoms with Crippen molar-refractivity contribution in [1.29, 1.82) is 0 Å². The lowest BCUT2D eigenvalue weighted by Crippen LogP contribution is -2.41. The summed E-state index contributed by atoms with van der Waals surface area (Å²) in [4.78, 5) is 11.2. The standard InChI is InChI=1S/C22H31N5O2/c1-4-28-20-8-6-5-7-19(20)15-26-22(23-3)25-14-18-9-10-21(24-13-18)27-11-12-29-17(2)16-27/h5-10,13,17H,4,11-12,14-16H2,1-3H3,(H2,23,25,26). The van der Waals surface area contributed by atoms with Gasteiger partial charge in [-0.25, -0.2) is 4.98 Å². The molecule has 156 valence electrons. The maximum Gasteiger partial charge on any atom is 0.191 e. The van der Waals surface area contributed by atoms with Gasteiger partial charge < -0.3 is 25.0 Å². The molecule has 29 heavy (non-hydrogen) atoms. The number of nitrogens with zero attached hydrogens (tertiary/aromatic N) is 3. The van der Waals surface area contributed by atoms with E-state index in [0.29, 0.717) is 19.7 Å². The van der Waals surface area contributed by atoms with Crippen LogP contribution in [0, 0.1) is 0 Å². The number of aliphatic imine (C=N–C) groups is 1. The van der Waals surface area contributed by atoms with Crippen molar-refractivity contribution < 1.29 is 9.47 Å². The van der Waals surface area contributed by atoms with E-state index in [2.05, 4.69) is 50.6 Å². The molecule has 0 saturated carbocycles. The fraction of sp³-hybridized carbons (Fsp3) is 0.455. The molecule has 1 aliphatic rings. The average Bonchev–Trinajstić information content (AvgIpc) is 2.75. The van der Waals surface area contributed by atoms with Crippen LogP contribution < -0.4 is 20.3 Å². The number of morpholine rings is 1. The molecule has 0 radical (unpaired) electrons. The SMILES string of the molecule is CCOc1ccccc1CNC(=NC)NCc1ccc(N2CCOC(C)C2)nc1. The van der Waals surface area contributed by atoms with Gasteiger partial charge in [-0.2, -0.15) is 0 Å². The molecule has 1 aromatic carbocycles. The van der Waals surface area contributed by atoms with Gasteiger partial charge in [0.15, 0.2) is 5.96 Å². The van der Waals surface area contributed by atoms with Crippen molar-refractivity contribution in [2.75, 3.05) is 38.3 Å². The summed E-state index contributed by atoms with van der Waals surface area (Å²) in [6, 6.07) is 12.2. The Bertz CT molecular complexity index is 794. The van der Waals surface area contributed by atoms with Gasteiger partial charge in [0.2, 0.25) is 0 Å². The summed E-state index contributed by atoms with van der Waals surface area (Å²) < 4.78 is 11.3. The molecule has 1 aliphatic heterocycles. The van der Waals surface area contributed by atoms with Crippen molar-refractivity contribution in [1.82, 2.24) is 15.6 Å². The molecule has 2 aromatic rings. The van der Waals surface area contributed by atoms with Gasteiger partial charge >= 0.3 is 0 Å². The highest BCUT2D eigenvalue weighted by Gasteiger charge is 2.17. The smallest absolute Gasteiger partial charge is 0.191 e. The van der Waals surface area contributed by atoms with E-state index >= 15 is 0 Å². The van der Waals surface area contributed by atoms with E-state index in [4.69, 9.17) is 9.47 Å². The predicted molar refractivity (Wildman–Crippen MR) is 117 cm³/mol. The van der Waals surface area contributed by atoms with Gasteiger partial charge in [-0.3, -0.25) is 4.99 Å². The first-order valence-corrected chi connectivity index (χ1v) is 10.2. The van der Waals surface area contributed by atoms with Crippen molar-refractivity contribution in [2.45, 2.75) is 33.0 Å². The fourth-order valence-corrected chi connectivity index (χ4v) is 3.27. The zero-order valence-electron chi connectivity index (χ0n) is 17.5. The third-order valence-electron chi connectivity index (χ3n) is 4.78. The van der Waals surface area contributed by atoms with Gasteiger partial charge in [0.25, 0.3) is 0 Å². The molecule has 2 heterocycles. The number of guanidine groups is 1. The number of benzene rings is 1. The Labute approximate surface area is 173 Å². The number of anilines is 1. The molecule has 1 atom stereocenters. The number of pyridine rings is 1. The van der Waals surface area contributed by atoms with Gasteiger partial charge in [-0.15, -0.1) is 0 Å². The maximum atomic E-state index is 5.68. The molecule has 1 aromatic heterocycles. The number of aromatic nitrogens is 1. The van der Waals surface area contributed by atoms with Crippen LogP contribution in [-0.2, 0) is 17.8 Å². The molecule has 7 heteroatoms. The first-order chi connectivity index (χ1) is 14.2. The summed E-state index contributed by atoms with van der Waals surface area (Å²) in [6.45, 7) is 8.54. The molecule has 0 aliphatic carbocycles. The summed E-state index contributed by atoms with van der Waals surface area (Å²) in [7, 11) is 1.77. The lowest BCUT2D eigenvalue weighted by molar-refractivity contribution is 0.0529. The Morgan fingerprint density at radius 3 is 2.79 bits per heavy atom. The normalized spacial score (nSPS) is 17.1. The van der Waals surface area contributed by atoms with Crippen molar-refractivity contribution in [3.8, 4) is 5.75 Å². The molecule has 7 nitrogen and oxygen atoms in total. The minimum absolute atomic E-state index is 0.245. The maximum absolute atomic E-state index is 5.68. The summed E-state index contributed by atoms with van der Waals surface area (Å²) in [5.41, 5.74) is 2.20. The van der Waals surface area contributed by atoms with Crippen LogP contribution in [0.25, 0.3) is 0 Å². The van der Waals surface area contributed by atoms with E-state index < -0.39 is 0 Å². The lowest BCUT2D eigenvalue weighted by Gasteiger charge is -2.32. The third-order valence-corrected chi connectivity index (χ3v) is 4.78. The zero-order chi connectivity index (χ0) is 20.5. The van der Waals surface area contributed by atoms with Crippen LogP contribution in [0.5, 0.6) is 5.75 Å². The van der Waals surface area contributed by atoms with Crippen LogP contribution in [0.1, 0.15) is 25.0 Å². The second kappa shape index (κ2) is 10.7. The van der Waals surface area contributed by atoms with Crippen molar-refractivity contribution in [3.63, 3.8) is 0 Å². The van der Waals surface area contributed by atoms with Gasteiger partial charge in [0.05, 0.1) is 19.3 Å². The fourth-order valence-electron chi connectivity index (χ4n) is 3.27. The minimum Gasteiger partial charge on any atom is -0.494 e. The Balaban J connectivity index is 1.50. The monoisotopic (exact) mass is 397 g/mol. The van der Waals surface area contributed by atoms with Crippen LogP contribution >= 0.6 is 0 Å². The molecule has 1 unspecified atom stereocenters. The number of hydrogen-bond acceptors (Lipinski definition) is 5. The van der Waals surface area contributed by atoms with E-state index in [1.54, 1.807) is 7.05 Å². The summed E-state index contributed by atoms with van der Waals surface area (Å²) in [5.74, 6) is 2.64. The minimum atomic E-state index is 0.245. The van der Waals surface area contributed by atoms with E-state index in [-0.39, 0.29) is 6.10 Å². The number of hydrogen-bond donors (Lipinski definition) is 2. The van der Waals surface area contributed by atoms with Crippen LogP contribution in [0.15, 0.2) is 47.6 Å². The molecule has 2 N–H and O–H groups in total. The van der Waals surface area contributed by atoms with E-state index in [9.17, 15) is 0 Å². The molecular weight excluding hydrogens is 366 g/mol. The topological polar surface area (TPSA) is 71.0 Å². The highest BCUT2D eigenvalue weighted by atomic mass is 16.5. The van der Waals surface area contributed by atoms with Gasteiger partial charge in [0.1, 0.15) is 11.6 Å². The highest BCUT2D eigenvalue weighted by molar-refractivity contribution is 5.79. The molecule has 3 rings (SSSR count). The Hall–Kier alpha value is -2.80.